The van der Waals surface area contributed by atoms with Crippen LogP contribution in [0.25, 0.3) is 16.9 Å². The van der Waals surface area contributed by atoms with Crippen LogP contribution >= 0.6 is 46.4 Å². The highest BCUT2D eigenvalue weighted by atomic mass is 35.5. The molecule has 12 nitrogen and oxygen atoms in total. The van der Waals surface area contributed by atoms with Crippen LogP contribution in [0.3, 0.4) is 0 Å². The minimum Gasteiger partial charge on any atom is -0.372 e. The summed E-state index contributed by atoms with van der Waals surface area (Å²) < 4.78 is 65.2. The average molecular weight is 732 g/mol. The van der Waals surface area contributed by atoms with Crippen LogP contribution < -0.4 is 4.90 Å². The zero-order chi connectivity index (χ0) is 33.1. The van der Waals surface area contributed by atoms with Gasteiger partial charge in [0, 0.05) is 24.3 Å². The first-order valence-electron chi connectivity index (χ1n) is 12.8. The average Bonchev–Trinajstić information content (AvgIpc) is 3.31. The fraction of sp³-hybridized carbons (Fsp3) is 0.185. The number of azo groups is 1. The lowest BCUT2D eigenvalue weighted by Gasteiger charge is -2.23. The van der Waals surface area contributed by atoms with E-state index in [9.17, 15) is 26.7 Å². The molecule has 4 aromatic rings. The van der Waals surface area contributed by atoms with Crippen molar-refractivity contribution in [1.82, 2.24) is 9.78 Å². The largest absolute Gasteiger partial charge is 0.372 e. The molecule has 4 rings (SSSR count). The molecule has 1 aromatic heterocycles. The summed E-state index contributed by atoms with van der Waals surface area (Å²) in [4.78, 5) is 1.30. The third-order valence-corrected chi connectivity index (χ3v) is 9.21. The van der Waals surface area contributed by atoms with Crippen molar-refractivity contribution in [3.05, 3.63) is 80.3 Å². The van der Waals surface area contributed by atoms with E-state index in [2.05, 4.69) is 15.3 Å². The van der Waals surface area contributed by atoms with Gasteiger partial charge in [-0.05, 0) is 49.7 Å². The third kappa shape index (κ3) is 8.13. The van der Waals surface area contributed by atoms with E-state index in [0.29, 0.717) is 24.3 Å². The fourth-order valence-corrected chi connectivity index (χ4v) is 6.52. The van der Waals surface area contributed by atoms with Crippen molar-refractivity contribution in [1.29, 1.82) is 5.26 Å². The fourth-order valence-electron chi connectivity index (χ4n) is 4.28. The number of benzene rings is 3. The van der Waals surface area contributed by atoms with Gasteiger partial charge in [0.15, 0.2) is 5.82 Å². The summed E-state index contributed by atoms with van der Waals surface area (Å²) in [5.41, 5.74) is 1.22. The molecule has 45 heavy (non-hydrogen) atoms. The van der Waals surface area contributed by atoms with E-state index in [-0.39, 0.29) is 60.7 Å². The van der Waals surface area contributed by atoms with Crippen molar-refractivity contribution in [2.24, 2.45) is 10.2 Å². The number of halogens is 4. The molecule has 0 unspecified atom stereocenters. The van der Waals surface area contributed by atoms with Gasteiger partial charge < -0.3 is 4.90 Å². The Hall–Kier alpha value is -3.26. The predicted octanol–water partition coefficient (Wildman–Crippen LogP) is 7.79. The third-order valence-electron chi connectivity index (χ3n) is 6.36. The Morgan fingerprint density at radius 2 is 1.60 bits per heavy atom. The Labute approximate surface area is 278 Å². The molecule has 0 saturated heterocycles. The van der Waals surface area contributed by atoms with Crippen molar-refractivity contribution < 1.29 is 25.9 Å². The molecular weight excluding hydrogens is 710 g/mol. The molecule has 0 aliphatic rings. The van der Waals surface area contributed by atoms with Gasteiger partial charge in [-0.3, -0.25) is 9.11 Å². The molecule has 0 fully saturated rings. The Balaban J connectivity index is 1.83. The SMILES string of the molecule is CCN(CCCS(=O)(=O)O)c1ccc(N=Nc2c(C#N)c(-c3ccccc3Cl)nn2-c2c(Cl)cc(S(=O)(=O)O)cc2Cl)c(Cl)c1. The number of nitriles is 1. The number of aromatic nitrogens is 2. The predicted molar refractivity (Wildman–Crippen MR) is 173 cm³/mol. The monoisotopic (exact) mass is 730 g/mol. The molecular formula is C27H22Cl4N6O6S2. The van der Waals surface area contributed by atoms with Crippen molar-refractivity contribution in [3.63, 3.8) is 0 Å². The van der Waals surface area contributed by atoms with Crippen LogP contribution in [0.1, 0.15) is 18.9 Å². The van der Waals surface area contributed by atoms with Crippen molar-refractivity contribution in [3.8, 4) is 23.0 Å². The standard InChI is InChI=1S/C27H22Cl4N6O6S2/c1-2-36(10-5-11-44(38,39)40)16-8-9-24(21(29)12-16)33-34-27-19(15-32)25(18-6-3-4-7-20(18)28)35-37(27)26-22(30)13-17(14-23(26)31)45(41,42)43/h3-4,6-9,12-14H,2,5,10-11H2,1H3,(H,38,39,40)(H,41,42,43). The van der Waals surface area contributed by atoms with Crippen molar-refractivity contribution in [2.75, 3.05) is 23.7 Å². The molecule has 3 aromatic carbocycles. The van der Waals surface area contributed by atoms with E-state index < -0.39 is 25.1 Å². The zero-order valence-corrected chi connectivity index (χ0v) is 27.7. The van der Waals surface area contributed by atoms with E-state index in [0.717, 1.165) is 16.8 Å². The maximum Gasteiger partial charge on any atom is 0.294 e. The number of rotatable bonds is 11. The summed E-state index contributed by atoms with van der Waals surface area (Å²) in [6.07, 6.45) is 0.191. The Morgan fingerprint density at radius 3 is 2.16 bits per heavy atom. The maximum atomic E-state index is 11.7. The molecule has 0 amide bonds. The zero-order valence-electron chi connectivity index (χ0n) is 23.1. The second kappa shape index (κ2) is 14.0. The lowest BCUT2D eigenvalue weighted by Crippen LogP contribution is -2.25. The summed E-state index contributed by atoms with van der Waals surface area (Å²) in [6.45, 7) is 2.73. The van der Waals surface area contributed by atoms with Crippen LogP contribution in [0, 0.1) is 11.3 Å². The molecule has 236 valence electrons. The van der Waals surface area contributed by atoms with Gasteiger partial charge in [-0.15, -0.1) is 10.2 Å². The smallest absolute Gasteiger partial charge is 0.294 e. The van der Waals surface area contributed by atoms with Crippen molar-refractivity contribution >= 4 is 83.8 Å². The number of hydrogen-bond donors (Lipinski definition) is 2. The summed E-state index contributed by atoms with van der Waals surface area (Å²) in [5.74, 6) is -0.530. The summed E-state index contributed by atoms with van der Waals surface area (Å²) in [5, 5.41) is 23.2. The summed E-state index contributed by atoms with van der Waals surface area (Å²) >= 11 is 25.8. The van der Waals surface area contributed by atoms with Gasteiger partial charge in [0.1, 0.15) is 28.7 Å². The van der Waals surface area contributed by atoms with Crippen LogP contribution in [0.4, 0.5) is 17.2 Å². The molecule has 0 aliphatic heterocycles. The Kier molecular flexibility index (Phi) is 10.8. The lowest BCUT2D eigenvalue weighted by molar-refractivity contribution is 0.479. The minimum atomic E-state index is -4.65. The highest BCUT2D eigenvalue weighted by Gasteiger charge is 2.26. The minimum absolute atomic E-state index is 0.0561. The normalized spacial score (nSPS) is 12.0. The van der Waals surface area contributed by atoms with E-state index in [1.54, 1.807) is 42.5 Å². The first kappa shape index (κ1) is 34.6. The van der Waals surface area contributed by atoms with Crippen LogP contribution in [0.2, 0.25) is 20.1 Å². The van der Waals surface area contributed by atoms with Gasteiger partial charge in [-0.1, -0.05) is 64.6 Å². The van der Waals surface area contributed by atoms with E-state index >= 15 is 0 Å². The Bertz CT molecular complexity index is 2040. The van der Waals surface area contributed by atoms with Gasteiger partial charge >= 0.3 is 0 Å². The van der Waals surface area contributed by atoms with E-state index in [1.165, 1.54) is 0 Å². The number of anilines is 1. The van der Waals surface area contributed by atoms with Gasteiger partial charge in [-0.25, -0.2) is 4.68 Å². The van der Waals surface area contributed by atoms with Crippen LogP contribution in [-0.2, 0) is 20.2 Å². The topological polar surface area (TPSA) is 178 Å². The molecule has 2 N–H and O–H groups in total. The summed E-state index contributed by atoms with van der Waals surface area (Å²) in [6, 6.07) is 15.4. The number of hydrogen-bond acceptors (Lipinski definition) is 9. The summed E-state index contributed by atoms with van der Waals surface area (Å²) in [7, 11) is -8.75. The van der Waals surface area contributed by atoms with E-state index in [1.807, 2.05) is 17.9 Å². The molecule has 0 bridgehead atoms. The van der Waals surface area contributed by atoms with Gasteiger partial charge in [0.25, 0.3) is 20.2 Å². The van der Waals surface area contributed by atoms with Crippen LogP contribution in [-0.4, -0.2) is 54.6 Å². The molecule has 0 saturated carbocycles. The Morgan fingerprint density at radius 1 is 0.933 bits per heavy atom. The van der Waals surface area contributed by atoms with Crippen LogP contribution in [0.5, 0.6) is 0 Å². The van der Waals surface area contributed by atoms with Gasteiger partial charge in [0.2, 0.25) is 0 Å². The van der Waals surface area contributed by atoms with E-state index in [4.69, 9.17) is 51.0 Å². The molecule has 0 spiro atoms. The molecule has 0 aliphatic carbocycles. The maximum absolute atomic E-state index is 11.7. The quantitative estimate of drug-likeness (QED) is 0.115. The first-order valence-corrected chi connectivity index (χ1v) is 17.4. The van der Waals surface area contributed by atoms with Gasteiger partial charge in [0.05, 0.1) is 30.7 Å². The molecule has 0 radical (unpaired) electrons. The second-order valence-electron chi connectivity index (χ2n) is 9.32. The number of nitrogens with zero attached hydrogens (tertiary/aromatic N) is 6. The second-order valence-corrected chi connectivity index (χ2v) is 13.9. The molecule has 0 atom stereocenters. The highest BCUT2D eigenvalue weighted by Crippen LogP contribution is 2.41. The lowest BCUT2D eigenvalue weighted by atomic mass is 10.1. The molecule has 1 heterocycles. The van der Waals surface area contributed by atoms with Gasteiger partial charge in [-0.2, -0.15) is 27.2 Å². The van der Waals surface area contributed by atoms with Crippen LogP contribution in [0.15, 0.2) is 69.7 Å². The molecule has 18 heteroatoms. The van der Waals surface area contributed by atoms with Crippen molar-refractivity contribution in [2.45, 2.75) is 18.2 Å². The highest BCUT2D eigenvalue weighted by molar-refractivity contribution is 7.86. The first-order chi connectivity index (χ1) is 21.1.